The van der Waals surface area contributed by atoms with E-state index in [1.165, 1.54) is 5.56 Å². The second-order valence-corrected chi connectivity index (χ2v) is 5.40. The fourth-order valence-electron chi connectivity index (χ4n) is 2.07. The highest BCUT2D eigenvalue weighted by Gasteiger charge is 2.31. The molecule has 0 aliphatic carbocycles. The SMILES string of the molecule is COCCOC(=O)C(C)(C)CC(C)c1ccncc1. The standard InChI is InChI=1S/C15H23NO3/c1-12(13-5-7-16-8-6-13)11-15(2,3)14(17)19-10-9-18-4/h5-8,12H,9-11H2,1-4H3. The van der Waals surface area contributed by atoms with Crippen LogP contribution in [0.5, 0.6) is 0 Å². The molecule has 0 N–H and O–H groups in total. The smallest absolute Gasteiger partial charge is 0.311 e. The fourth-order valence-corrected chi connectivity index (χ4v) is 2.07. The average molecular weight is 265 g/mol. The summed E-state index contributed by atoms with van der Waals surface area (Å²) >= 11 is 0. The second-order valence-electron chi connectivity index (χ2n) is 5.40. The van der Waals surface area contributed by atoms with Crippen LogP contribution < -0.4 is 0 Å². The first-order chi connectivity index (χ1) is 8.97. The summed E-state index contributed by atoms with van der Waals surface area (Å²) in [6, 6.07) is 3.97. The topological polar surface area (TPSA) is 48.4 Å². The van der Waals surface area contributed by atoms with Gasteiger partial charge in [-0.25, -0.2) is 0 Å². The van der Waals surface area contributed by atoms with E-state index in [1.54, 1.807) is 19.5 Å². The van der Waals surface area contributed by atoms with Crippen LogP contribution in [0.4, 0.5) is 0 Å². The molecule has 0 bridgehead atoms. The molecule has 1 atom stereocenters. The number of carbonyl (C=O) groups excluding carboxylic acids is 1. The summed E-state index contributed by atoms with van der Waals surface area (Å²) in [5.74, 6) is 0.110. The van der Waals surface area contributed by atoms with E-state index in [9.17, 15) is 4.79 Å². The summed E-state index contributed by atoms with van der Waals surface area (Å²) in [7, 11) is 1.59. The predicted octanol–water partition coefficient (Wildman–Crippen LogP) is 2.79. The first kappa shape index (κ1) is 15.6. The Morgan fingerprint density at radius 1 is 1.32 bits per heavy atom. The molecule has 1 rings (SSSR count). The van der Waals surface area contributed by atoms with Gasteiger partial charge in [-0.3, -0.25) is 9.78 Å². The summed E-state index contributed by atoms with van der Waals surface area (Å²) in [5, 5.41) is 0. The van der Waals surface area contributed by atoms with E-state index in [0.717, 1.165) is 6.42 Å². The van der Waals surface area contributed by atoms with Crippen molar-refractivity contribution in [1.29, 1.82) is 0 Å². The maximum atomic E-state index is 12.0. The quantitative estimate of drug-likeness (QED) is 0.562. The highest BCUT2D eigenvalue weighted by Crippen LogP contribution is 2.32. The lowest BCUT2D eigenvalue weighted by atomic mass is 9.81. The molecule has 0 aliphatic rings. The van der Waals surface area contributed by atoms with Crippen molar-refractivity contribution in [2.75, 3.05) is 20.3 Å². The van der Waals surface area contributed by atoms with Crippen LogP contribution in [0, 0.1) is 5.41 Å². The van der Waals surface area contributed by atoms with E-state index in [1.807, 2.05) is 26.0 Å². The lowest BCUT2D eigenvalue weighted by Crippen LogP contribution is -2.29. The number of hydrogen-bond acceptors (Lipinski definition) is 4. The van der Waals surface area contributed by atoms with Gasteiger partial charge in [-0.05, 0) is 43.9 Å². The summed E-state index contributed by atoms with van der Waals surface area (Å²) in [4.78, 5) is 16.0. The predicted molar refractivity (Wildman–Crippen MR) is 73.9 cm³/mol. The Labute approximate surface area is 115 Å². The van der Waals surface area contributed by atoms with Crippen LogP contribution in [-0.4, -0.2) is 31.3 Å². The number of ether oxygens (including phenoxy) is 2. The molecule has 1 aromatic heterocycles. The molecule has 0 aromatic carbocycles. The number of aromatic nitrogens is 1. The highest BCUT2D eigenvalue weighted by molar-refractivity contribution is 5.76. The molecule has 1 heterocycles. The Balaban J connectivity index is 2.56. The van der Waals surface area contributed by atoms with Gasteiger partial charge in [-0.2, -0.15) is 0 Å². The van der Waals surface area contributed by atoms with Crippen LogP contribution in [0.25, 0.3) is 0 Å². The molecule has 4 nitrogen and oxygen atoms in total. The number of hydrogen-bond donors (Lipinski definition) is 0. The third-order valence-corrected chi connectivity index (χ3v) is 3.16. The van der Waals surface area contributed by atoms with Crippen molar-refractivity contribution in [3.05, 3.63) is 30.1 Å². The maximum Gasteiger partial charge on any atom is 0.311 e. The normalized spacial score (nSPS) is 13.1. The number of pyridine rings is 1. The average Bonchev–Trinajstić information content (AvgIpc) is 2.39. The van der Waals surface area contributed by atoms with Gasteiger partial charge in [0, 0.05) is 19.5 Å². The van der Waals surface area contributed by atoms with Crippen LogP contribution in [-0.2, 0) is 14.3 Å². The van der Waals surface area contributed by atoms with Gasteiger partial charge in [0.15, 0.2) is 0 Å². The highest BCUT2D eigenvalue weighted by atomic mass is 16.6. The van der Waals surface area contributed by atoms with Crippen LogP contribution >= 0.6 is 0 Å². The molecular formula is C15H23NO3. The largest absolute Gasteiger partial charge is 0.463 e. The minimum Gasteiger partial charge on any atom is -0.463 e. The van der Waals surface area contributed by atoms with Gasteiger partial charge in [-0.15, -0.1) is 0 Å². The van der Waals surface area contributed by atoms with Gasteiger partial charge in [0.25, 0.3) is 0 Å². The van der Waals surface area contributed by atoms with Crippen LogP contribution in [0.1, 0.15) is 38.7 Å². The van der Waals surface area contributed by atoms with E-state index in [-0.39, 0.29) is 11.9 Å². The van der Waals surface area contributed by atoms with Crippen molar-refractivity contribution in [2.24, 2.45) is 5.41 Å². The Morgan fingerprint density at radius 2 is 1.95 bits per heavy atom. The Hall–Kier alpha value is -1.42. The van der Waals surface area contributed by atoms with Gasteiger partial charge in [-0.1, -0.05) is 6.92 Å². The molecule has 106 valence electrons. The number of nitrogens with zero attached hydrogens (tertiary/aromatic N) is 1. The van der Waals surface area contributed by atoms with Crippen LogP contribution in [0.15, 0.2) is 24.5 Å². The van der Waals surface area contributed by atoms with Gasteiger partial charge in [0.1, 0.15) is 6.61 Å². The van der Waals surface area contributed by atoms with Crippen molar-refractivity contribution >= 4 is 5.97 Å². The molecule has 0 fully saturated rings. The van der Waals surface area contributed by atoms with Crippen molar-refractivity contribution in [2.45, 2.75) is 33.1 Å². The molecule has 0 aliphatic heterocycles. The van der Waals surface area contributed by atoms with E-state index in [4.69, 9.17) is 9.47 Å². The van der Waals surface area contributed by atoms with E-state index < -0.39 is 5.41 Å². The zero-order chi connectivity index (χ0) is 14.3. The second kappa shape index (κ2) is 7.24. The Bertz CT molecular complexity index is 390. The lowest BCUT2D eigenvalue weighted by Gasteiger charge is -2.26. The fraction of sp³-hybridized carbons (Fsp3) is 0.600. The third kappa shape index (κ3) is 4.99. The Morgan fingerprint density at radius 3 is 2.53 bits per heavy atom. The molecule has 1 aromatic rings. The summed E-state index contributed by atoms with van der Waals surface area (Å²) in [6.07, 6.45) is 4.29. The molecule has 1 unspecified atom stereocenters. The number of esters is 1. The number of methoxy groups -OCH3 is 1. The summed E-state index contributed by atoms with van der Waals surface area (Å²) < 4.78 is 10.1. The summed E-state index contributed by atoms with van der Waals surface area (Å²) in [5.41, 5.74) is 0.684. The van der Waals surface area contributed by atoms with Crippen LogP contribution in [0.3, 0.4) is 0 Å². The van der Waals surface area contributed by atoms with E-state index >= 15 is 0 Å². The molecular weight excluding hydrogens is 242 g/mol. The van der Waals surface area contributed by atoms with Gasteiger partial charge in [0.2, 0.25) is 0 Å². The zero-order valence-corrected chi connectivity index (χ0v) is 12.2. The van der Waals surface area contributed by atoms with Gasteiger partial charge in [0.05, 0.1) is 12.0 Å². The molecule has 4 heteroatoms. The molecule has 0 radical (unpaired) electrons. The van der Waals surface area contributed by atoms with Crippen molar-refractivity contribution in [3.8, 4) is 0 Å². The minimum absolute atomic E-state index is 0.176. The van der Waals surface area contributed by atoms with Crippen LogP contribution in [0.2, 0.25) is 0 Å². The van der Waals surface area contributed by atoms with Gasteiger partial charge < -0.3 is 9.47 Å². The van der Waals surface area contributed by atoms with Crippen molar-refractivity contribution < 1.29 is 14.3 Å². The monoisotopic (exact) mass is 265 g/mol. The van der Waals surface area contributed by atoms with E-state index in [2.05, 4.69) is 11.9 Å². The minimum atomic E-state index is -0.504. The molecule has 0 saturated heterocycles. The molecule has 0 amide bonds. The molecule has 19 heavy (non-hydrogen) atoms. The maximum absolute atomic E-state index is 12.0. The molecule has 0 spiro atoms. The Kier molecular flexibility index (Phi) is 5.96. The summed E-state index contributed by atoms with van der Waals surface area (Å²) in [6.45, 7) is 6.68. The lowest BCUT2D eigenvalue weighted by molar-refractivity contribution is -0.155. The third-order valence-electron chi connectivity index (χ3n) is 3.16. The van der Waals surface area contributed by atoms with Gasteiger partial charge >= 0.3 is 5.97 Å². The van der Waals surface area contributed by atoms with Crippen molar-refractivity contribution in [3.63, 3.8) is 0 Å². The first-order valence-corrected chi connectivity index (χ1v) is 6.53. The molecule has 0 saturated carbocycles. The number of carbonyl (C=O) groups is 1. The number of rotatable bonds is 7. The first-order valence-electron chi connectivity index (χ1n) is 6.53. The van der Waals surface area contributed by atoms with Crippen molar-refractivity contribution in [1.82, 2.24) is 4.98 Å². The zero-order valence-electron chi connectivity index (χ0n) is 12.2. The van der Waals surface area contributed by atoms with E-state index in [0.29, 0.717) is 13.2 Å².